The number of likely N-dealkylation sites (N-methyl/N-ethyl adjacent to an activating group) is 1. The van der Waals surface area contributed by atoms with Crippen LogP contribution in [0.4, 0.5) is 0 Å². The summed E-state index contributed by atoms with van der Waals surface area (Å²) in [5.74, 6) is 2.81. The molecule has 4 aromatic carbocycles. The Labute approximate surface area is 356 Å². The van der Waals surface area contributed by atoms with Crippen LogP contribution in [0.5, 0.6) is 11.5 Å². The second kappa shape index (κ2) is 20.2. The van der Waals surface area contributed by atoms with E-state index >= 15 is 0 Å². The maximum Gasteiger partial charge on any atom is 0.266 e. The number of rotatable bonds is 13. The zero-order valence-electron chi connectivity index (χ0n) is 35.9. The zero-order valence-corrected chi connectivity index (χ0v) is 35.9. The molecule has 0 radical (unpaired) electrons. The van der Waals surface area contributed by atoms with E-state index in [0.717, 1.165) is 69.4 Å². The predicted molar refractivity (Wildman–Crippen MR) is 242 cm³/mol. The van der Waals surface area contributed by atoms with Crippen molar-refractivity contribution >= 4 is 21.8 Å². The van der Waals surface area contributed by atoms with Crippen LogP contribution in [0.1, 0.15) is 51.4 Å². The molecule has 2 fully saturated rings. The summed E-state index contributed by atoms with van der Waals surface area (Å²) in [5.41, 5.74) is 2.72. The van der Waals surface area contributed by atoms with Gasteiger partial charge in [0.1, 0.15) is 23.1 Å². The van der Waals surface area contributed by atoms with Crippen LogP contribution >= 0.6 is 0 Å². The average Bonchev–Trinajstić information content (AvgIpc) is 3.29. The maximum atomic E-state index is 13.7. The standard InChI is InChI=1S/C24H29N5O3.C23H28N4O2/c1-3-32-22-11-7-6-10-21(22)29-23(26-20-9-5-4-8-19(20)24(29)30)18(2)28-16-14-27(15-17-28)13-12-25-31;1-4-29-21-12-8-7-11-20(21)27-22(17(2)26-15-13-25(3)14-16-26)24-19-10-6-5-9-18(19)23(27)28/h4-11,18H,3,12-17H2,1-2H3;5-12,17H,4,13-16H2,1-3H3. The minimum Gasteiger partial charge on any atom is -0.492 e. The molecule has 0 bridgehead atoms. The van der Waals surface area contributed by atoms with Gasteiger partial charge in [0.15, 0.2) is 0 Å². The molecule has 2 aliphatic heterocycles. The van der Waals surface area contributed by atoms with E-state index in [1.165, 1.54) is 0 Å². The van der Waals surface area contributed by atoms with Gasteiger partial charge in [-0.1, -0.05) is 53.7 Å². The van der Waals surface area contributed by atoms with Crippen molar-refractivity contribution in [3.8, 4) is 22.9 Å². The Morgan fingerprint density at radius 1 is 0.590 bits per heavy atom. The van der Waals surface area contributed by atoms with Crippen LogP contribution in [-0.4, -0.2) is 124 Å². The van der Waals surface area contributed by atoms with Gasteiger partial charge in [0, 0.05) is 58.9 Å². The molecule has 2 aromatic heterocycles. The predicted octanol–water partition coefficient (Wildman–Crippen LogP) is 6.32. The summed E-state index contributed by atoms with van der Waals surface area (Å²) in [5, 5.41) is 4.18. The molecule has 14 heteroatoms. The van der Waals surface area contributed by atoms with E-state index in [1.807, 2.05) is 111 Å². The molecule has 2 atom stereocenters. The summed E-state index contributed by atoms with van der Waals surface area (Å²) in [7, 11) is 2.14. The van der Waals surface area contributed by atoms with Crippen molar-refractivity contribution in [2.75, 3.05) is 85.7 Å². The highest BCUT2D eigenvalue weighted by Gasteiger charge is 2.29. The first-order chi connectivity index (χ1) is 29.7. The Bertz CT molecular complexity index is 2540. The third-order valence-electron chi connectivity index (χ3n) is 11.7. The van der Waals surface area contributed by atoms with E-state index in [9.17, 15) is 14.5 Å². The SMILES string of the molecule is CCOc1ccccc1-n1c(C(C)N2CCN(C)CC2)nc2ccccc2c1=O.CCOc1ccccc1-n1c(C(C)N2CCN(CCN=O)CC2)nc2ccccc2c1=O. The molecular weight excluding hydrogens is 771 g/mol. The van der Waals surface area contributed by atoms with Crippen molar-refractivity contribution in [2.24, 2.45) is 5.18 Å². The third-order valence-corrected chi connectivity index (χ3v) is 11.7. The fourth-order valence-corrected chi connectivity index (χ4v) is 8.26. The fourth-order valence-electron chi connectivity index (χ4n) is 8.26. The van der Waals surface area contributed by atoms with Gasteiger partial charge in [0.25, 0.3) is 11.1 Å². The highest BCUT2D eigenvalue weighted by molar-refractivity contribution is 5.79. The topological polar surface area (TPSA) is 131 Å². The van der Waals surface area contributed by atoms with Gasteiger partial charge in [0.2, 0.25) is 0 Å². The van der Waals surface area contributed by atoms with Crippen molar-refractivity contribution in [3.63, 3.8) is 0 Å². The number of ether oxygens (including phenoxy) is 2. The summed E-state index contributed by atoms with van der Waals surface area (Å²) in [6, 6.07) is 30.3. The Morgan fingerprint density at radius 2 is 1.00 bits per heavy atom. The van der Waals surface area contributed by atoms with Crippen LogP contribution in [0.3, 0.4) is 0 Å². The number of piperazine rings is 2. The third kappa shape index (κ3) is 9.57. The molecule has 2 aliphatic rings. The minimum atomic E-state index is -0.0969. The molecule has 4 heterocycles. The van der Waals surface area contributed by atoms with E-state index in [1.54, 1.807) is 9.13 Å². The van der Waals surface area contributed by atoms with Gasteiger partial charge in [-0.2, -0.15) is 4.91 Å². The highest BCUT2D eigenvalue weighted by Crippen LogP contribution is 2.30. The number of nitroso groups, excluding NO2 is 1. The van der Waals surface area contributed by atoms with Crippen LogP contribution in [0.25, 0.3) is 33.2 Å². The molecule has 6 aromatic rings. The minimum absolute atomic E-state index is 0.00990. The Morgan fingerprint density at radius 3 is 1.44 bits per heavy atom. The number of para-hydroxylation sites is 6. The molecule has 320 valence electrons. The summed E-state index contributed by atoms with van der Waals surface area (Å²) in [6.45, 7) is 17.5. The highest BCUT2D eigenvalue weighted by atomic mass is 16.5. The van der Waals surface area contributed by atoms with Crippen molar-refractivity contribution in [1.29, 1.82) is 0 Å². The average molecular weight is 828 g/mol. The number of hydrogen-bond acceptors (Lipinski definition) is 12. The maximum absolute atomic E-state index is 13.7. The first-order valence-electron chi connectivity index (χ1n) is 21.4. The lowest BCUT2D eigenvalue weighted by atomic mass is 10.1. The van der Waals surface area contributed by atoms with E-state index in [-0.39, 0.29) is 23.2 Å². The fraction of sp³-hybridized carbons (Fsp3) is 0.404. The monoisotopic (exact) mass is 827 g/mol. The molecule has 0 spiro atoms. The van der Waals surface area contributed by atoms with Crippen molar-refractivity contribution < 1.29 is 9.47 Å². The lowest BCUT2D eigenvalue weighted by Gasteiger charge is -2.38. The number of hydrogen-bond donors (Lipinski definition) is 0. The number of aromatic nitrogens is 4. The van der Waals surface area contributed by atoms with E-state index in [2.05, 4.69) is 45.7 Å². The quantitative estimate of drug-likeness (QED) is 0.121. The van der Waals surface area contributed by atoms with Crippen LogP contribution in [0.2, 0.25) is 0 Å². The van der Waals surface area contributed by atoms with Crippen molar-refractivity contribution in [2.45, 2.75) is 39.8 Å². The summed E-state index contributed by atoms with van der Waals surface area (Å²) < 4.78 is 15.1. The molecule has 2 unspecified atom stereocenters. The van der Waals surface area contributed by atoms with Gasteiger partial charge in [0.05, 0.1) is 65.0 Å². The molecule has 2 saturated heterocycles. The van der Waals surface area contributed by atoms with Crippen molar-refractivity contribution in [3.05, 3.63) is 134 Å². The Balaban J connectivity index is 0.000000185. The lowest BCUT2D eigenvalue weighted by molar-refractivity contribution is 0.100. The van der Waals surface area contributed by atoms with Crippen LogP contribution in [0, 0.1) is 4.91 Å². The van der Waals surface area contributed by atoms with Gasteiger partial charge in [-0.15, -0.1) is 0 Å². The van der Waals surface area contributed by atoms with E-state index < -0.39 is 0 Å². The summed E-state index contributed by atoms with van der Waals surface area (Å²) in [6.07, 6.45) is 0. The molecule has 0 saturated carbocycles. The summed E-state index contributed by atoms with van der Waals surface area (Å²) in [4.78, 5) is 56.9. The number of nitrogens with zero attached hydrogens (tertiary/aromatic N) is 9. The van der Waals surface area contributed by atoms with Crippen LogP contribution < -0.4 is 20.6 Å². The van der Waals surface area contributed by atoms with Gasteiger partial charge in [-0.05, 0) is 83.3 Å². The summed E-state index contributed by atoms with van der Waals surface area (Å²) >= 11 is 0. The number of benzene rings is 4. The Hall–Kier alpha value is -5.80. The molecule has 0 aliphatic carbocycles. The van der Waals surface area contributed by atoms with E-state index in [4.69, 9.17) is 19.4 Å². The van der Waals surface area contributed by atoms with Crippen LogP contribution in [0.15, 0.2) is 112 Å². The molecule has 61 heavy (non-hydrogen) atoms. The first kappa shape index (κ1) is 43.3. The first-order valence-corrected chi connectivity index (χ1v) is 21.4. The molecule has 8 rings (SSSR count). The second-order valence-electron chi connectivity index (χ2n) is 15.5. The smallest absolute Gasteiger partial charge is 0.266 e. The lowest BCUT2D eigenvalue weighted by Crippen LogP contribution is -2.48. The van der Waals surface area contributed by atoms with E-state index in [0.29, 0.717) is 65.6 Å². The van der Waals surface area contributed by atoms with Gasteiger partial charge < -0.3 is 14.4 Å². The van der Waals surface area contributed by atoms with Gasteiger partial charge in [-0.25, -0.2) is 9.97 Å². The van der Waals surface area contributed by atoms with Gasteiger partial charge in [-0.3, -0.25) is 33.4 Å². The molecule has 14 nitrogen and oxygen atoms in total. The largest absolute Gasteiger partial charge is 0.492 e. The number of fused-ring (bicyclic) bond motifs is 2. The van der Waals surface area contributed by atoms with Crippen molar-refractivity contribution in [1.82, 2.24) is 38.7 Å². The molecule has 0 amide bonds. The molecular formula is C47H57N9O5. The van der Waals surface area contributed by atoms with Gasteiger partial charge >= 0.3 is 0 Å². The van der Waals surface area contributed by atoms with Crippen LogP contribution in [-0.2, 0) is 0 Å². The second-order valence-corrected chi connectivity index (χ2v) is 15.5. The zero-order chi connectivity index (χ0) is 42.9. The Kier molecular flexibility index (Phi) is 14.3. The normalized spacial score (nSPS) is 16.5. The molecule has 0 N–H and O–H groups in total.